The van der Waals surface area contributed by atoms with E-state index in [4.69, 9.17) is 9.47 Å². The first kappa shape index (κ1) is 28.3. The minimum absolute atomic E-state index is 0.218. The van der Waals surface area contributed by atoms with Crippen LogP contribution in [0.4, 0.5) is 0 Å². The predicted molar refractivity (Wildman–Crippen MR) is 129 cm³/mol. The molecule has 3 N–H and O–H groups in total. The van der Waals surface area contributed by atoms with Crippen LogP contribution in [0.5, 0.6) is 0 Å². The van der Waals surface area contributed by atoms with Crippen molar-refractivity contribution < 1.29 is 24.5 Å². The van der Waals surface area contributed by atoms with Crippen LogP contribution in [-0.4, -0.2) is 50.7 Å². The second-order valence-electron chi connectivity index (χ2n) is 9.24. The SMILES string of the molecule is CCCCCCCCCCCCCCCC(=O)OC[C@@H]1O[C@H](n2ccc(=O)[nH]c2=O)C(O)C1O. The van der Waals surface area contributed by atoms with Crippen molar-refractivity contribution in [1.29, 1.82) is 0 Å². The van der Waals surface area contributed by atoms with Gasteiger partial charge in [-0.05, 0) is 6.42 Å². The van der Waals surface area contributed by atoms with Gasteiger partial charge in [0.2, 0.25) is 0 Å². The number of ether oxygens (including phenoxy) is 2. The lowest BCUT2D eigenvalue weighted by Crippen LogP contribution is -2.37. The summed E-state index contributed by atoms with van der Waals surface area (Å²) >= 11 is 0. The summed E-state index contributed by atoms with van der Waals surface area (Å²) in [5.41, 5.74) is -1.34. The smallest absolute Gasteiger partial charge is 0.330 e. The van der Waals surface area contributed by atoms with Crippen molar-refractivity contribution in [3.8, 4) is 0 Å². The van der Waals surface area contributed by atoms with Gasteiger partial charge in [0.05, 0.1) is 0 Å². The van der Waals surface area contributed by atoms with Crippen molar-refractivity contribution in [1.82, 2.24) is 9.55 Å². The highest BCUT2D eigenvalue weighted by Gasteiger charge is 2.44. The van der Waals surface area contributed by atoms with Crippen molar-refractivity contribution in [3.63, 3.8) is 0 Å². The first-order valence-corrected chi connectivity index (χ1v) is 12.9. The molecule has 0 aromatic carbocycles. The summed E-state index contributed by atoms with van der Waals surface area (Å²) in [6, 6.07) is 1.12. The molecule has 2 rings (SSSR count). The molecule has 194 valence electrons. The molecule has 0 aliphatic carbocycles. The molecule has 0 spiro atoms. The molecule has 2 unspecified atom stereocenters. The van der Waals surface area contributed by atoms with E-state index in [1.807, 2.05) is 0 Å². The number of hydrogen-bond donors (Lipinski definition) is 3. The molecule has 1 fully saturated rings. The maximum atomic E-state index is 12.0. The third kappa shape index (κ3) is 9.72. The minimum Gasteiger partial charge on any atom is -0.463 e. The number of rotatable bonds is 17. The molecule has 34 heavy (non-hydrogen) atoms. The summed E-state index contributed by atoms with van der Waals surface area (Å²) in [6.07, 6.45) is 12.6. The zero-order valence-electron chi connectivity index (χ0n) is 20.5. The van der Waals surface area contributed by atoms with Crippen LogP contribution in [0.15, 0.2) is 21.9 Å². The van der Waals surface area contributed by atoms with E-state index in [9.17, 15) is 24.6 Å². The number of aliphatic hydroxyl groups excluding tert-OH is 2. The average molecular weight is 483 g/mol. The Hall–Kier alpha value is -1.97. The number of H-pyrrole nitrogens is 1. The van der Waals surface area contributed by atoms with E-state index in [1.165, 1.54) is 70.4 Å². The number of carbonyl (C=O) groups is 1. The Morgan fingerprint density at radius 3 is 2.06 bits per heavy atom. The fourth-order valence-corrected chi connectivity index (χ4v) is 4.26. The van der Waals surface area contributed by atoms with Crippen molar-refractivity contribution in [2.75, 3.05) is 6.61 Å². The van der Waals surface area contributed by atoms with Gasteiger partial charge in [-0.1, -0.05) is 84.0 Å². The molecule has 0 radical (unpaired) electrons. The van der Waals surface area contributed by atoms with Crippen LogP contribution in [0.1, 0.15) is 103 Å². The summed E-state index contributed by atoms with van der Waals surface area (Å²) in [5, 5.41) is 20.4. The quantitative estimate of drug-likeness (QED) is 0.230. The van der Waals surface area contributed by atoms with Crippen LogP contribution in [0.2, 0.25) is 0 Å². The largest absolute Gasteiger partial charge is 0.463 e. The molecule has 0 saturated carbocycles. The first-order chi connectivity index (χ1) is 16.4. The third-order valence-corrected chi connectivity index (χ3v) is 6.36. The van der Waals surface area contributed by atoms with Gasteiger partial charge in [-0.2, -0.15) is 0 Å². The number of carbonyl (C=O) groups excluding carboxylic acids is 1. The highest BCUT2D eigenvalue weighted by Crippen LogP contribution is 2.28. The van der Waals surface area contributed by atoms with Crippen molar-refractivity contribution in [2.24, 2.45) is 0 Å². The Kier molecular flexibility index (Phi) is 13.2. The van der Waals surface area contributed by atoms with Gasteiger partial charge in [0.25, 0.3) is 5.56 Å². The molecule has 1 saturated heterocycles. The van der Waals surface area contributed by atoms with Crippen molar-refractivity contribution in [3.05, 3.63) is 33.1 Å². The number of esters is 1. The predicted octanol–water partition coefficient (Wildman–Crippen LogP) is 3.18. The number of aromatic nitrogens is 2. The normalized spacial score (nSPS) is 22.2. The minimum atomic E-state index is -1.40. The first-order valence-electron chi connectivity index (χ1n) is 12.9. The maximum absolute atomic E-state index is 12.0. The second-order valence-corrected chi connectivity index (χ2v) is 9.24. The van der Waals surface area contributed by atoms with Crippen LogP contribution < -0.4 is 11.2 Å². The van der Waals surface area contributed by atoms with Gasteiger partial charge in [0.15, 0.2) is 6.23 Å². The molecular weight excluding hydrogens is 440 g/mol. The molecule has 1 aromatic heterocycles. The summed E-state index contributed by atoms with van der Waals surface area (Å²) in [5.74, 6) is -0.377. The monoisotopic (exact) mass is 482 g/mol. The molecule has 0 bridgehead atoms. The average Bonchev–Trinajstić information content (AvgIpc) is 3.09. The summed E-state index contributed by atoms with van der Waals surface area (Å²) in [4.78, 5) is 37.2. The van der Waals surface area contributed by atoms with Gasteiger partial charge in [0.1, 0.15) is 24.9 Å². The summed E-state index contributed by atoms with van der Waals surface area (Å²) < 4.78 is 11.7. The van der Waals surface area contributed by atoms with E-state index < -0.39 is 35.8 Å². The van der Waals surface area contributed by atoms with Crippen molar-refractivity contribution >= 4 is 5.97 Å². The van der Waals surface area contributed by atoms with Crippen LogP contribution >= 0.6 is 0 Å². The number of aliphatic hydroxyl groups is 2. The molecule has 0 amide bonds. The number of nitrogens with zero attached hydrogens (tertiary/aromatic N) is 1. The number of unbranched alkanes of at least 4 members (excludes halogenated alkanes) is 12. The highest BCUT2D eigenvalue weighted by molar-refractivity contribution is 5.69. The van der Waals surface area contributed by atoms with E-state index in [0.29, 0.717) is 6.42 Å². The van der Waals surface area contributed by atoms with Gasteiger partial charge in [-0.3, -0.25) is 19.1 Å². The zero-order chi connectivity index (χ0) is 24.8. The Labute approximate surface area is 201 Å². The van der Waals surface area contributed by atoms with E-state index in [2.05, 4.69) is 11.9 Å². The van der Waals surface area contributed by atoms with E-state index >= 15 is 0 Å². The van der Waals surface area contributed by atoms with Gasteiger partial charge >= 0.3 is 11.7 Å². The lowest BCUT2D eigenvalue weighted by atomic mass is 10.0. The highest BCUT2D eigenvalue weighted by atomic mass is 16.6. The third-order valence-electron chi connectivity index (χ3n) is 6.36. The molecule has 4 atom stereocenters. The Bertz CT molecular complexity index is 822. The molecule has 1 aliphatic rings. The lowest BCUT2D eigenvalue weighted by Gasteiger charge is -2.16. The molecule has 9 nitrogen and oxygen atoms in total. The van der Waals surface area contributed by atoms with Crippen LogP contribution in [0.3, 0.4) is 0 Å². The fraction of sp³-hybridized carbons (Fsp3) is 0.800. The van der Waals surface area contributed by atoms with Gasteiger partial charge < -0.3 is 19.7 Å². The molecule has 9 heteroatoms. The Balaban J connectivity index is 1.53. The number of nitrogens with one attached hydrogen (secondary N) is 1. The summed E-state index contributed by atoms with van der Waals surface area (Å²) in [7, 11) is 0. The van der Waals surface area contributed by atoms with Gasteiger partial charge in [0, 0.05) is 18.7 Å². The van der Waals surface area contributed by atoms with E-state index in [-0.39, 0.29) is 12.6 Å². The van der Waals surface area contributed by atoms with Crippen LogP contribution in [0.25, 0.3) is 0 Å². The fourth-order valence-electron chi connectivity index (χ4n) is 4.26. The Morgan fingerprint density at radius 1 is 0.941 bits per heavy atom. The molecule has 2 heterocycles. The standard InChI is InChI=1S/C25H42N2O7/c1-2-3-4-5-6-7-8-9-10-11-12-13-14-15-21(29)33-18-19-22(30)23(31)24(34-19)27-17-16-20(28)26-25(27)32/h16-17,19,22-24,30-31H,2-15,18H2,1H3,(H,26,28,32)/t19-,22?,23?,24-/m0/s1. The number of aromatic amines is 1. The van der Waals surface area contributed by atoms with Crippen LogP contribution in [0, 0.1) is 0 Å². The Morgan fingerprint density at radius 2 is 1.50 bits per heavy atom. The van der Waals surface area contributed by atoms with Crippen molar-refractivity contribution in [2.45, 2.75) is 121 Å². The van der Waals surface area contributed by atoms with E-state index in [1.54, 1.807) is 0 Å². The lowest BCUT2D eigenvalue weighted by molar-refractivity contribution is -0.150. The zero-order valence-corrected chi connectivity index (χ0v) is 20.5. The molecule has 1 aliphatic heterocycles. The number of hydrogen-bond acceptors (Lipinski definition) is 7. The van der Waals surface area contributed by atoms with Gasteiger partial charge in [-0.15, -0.1) is 0 Å². The maximum Gasteiger partial charge on any atom is 0.330 e. The topological polar surface area (TPSA) is 131 Å². The molecule has 1 aromatic rings. The summed E-state index contributed by atoms with van der Waals surface area (Å²) in [6.45, 7) is 2.02. The molecular formula is C25H42N2O7. The second kappa shape index (κ2) is 15.8. The van der Waals surface area contributed by atoms with Crippen LogP contribution in [-0.2, 0) is 14.3 Å². The van der Waals surface area contributed by atoms with Gasteiger partial charge in [-0.25, -0.2) is 4.79 Å². The van der Waals surface area contributed by atoms with E-state index in [0.717, 1.165) is 29.9 Å².